The first kappa shape index (κ1) is 13.6. The molecule has 0 aliphatic carbocycles. The Balaban J connectivity index is 2.19. The Bertz CT molecular complexity index is 621. The minimum absolute atomic E-state index is 0.653. The quantitative estimate of drug-likeness (QED) is 0.784. The molecule has 1 aromatic carbocycles. The van der Waals surface area contributed by atoms with Gasteiger partial charge in [-0.1, -0.05) is 29.3 Å². The molecule has 0 saturated heterocycles. The molecule has 0 aliphatic heterocycles. The van der Waals surface area contributed by atoms with E-state index < -0.39 is 0 Å². The summed E-state index contributed by atoms with van der Waals surface area (Å²) in [4.78, 5) is 4.44. The van der Waals surface area contributed by atoms with Gasteiger partial charge >= 0.3 is 0 Å². The molecule has 0 atom stereocenters. The van der Waals surface area contributed by atoms with Gasteiger partial charge in [-0.05, 0) is 38.5 Å². The zero-order chi connectivity index (χ0) is 13.8. The molecule has 0 N–H and O–H groups in total. The molecule has 1 aromatic heterocycles. The van der Waals surface area contributed by atoms with Crippen LogP contribution in [0.1, 0.15) is 27.9 Å². The minimum atomic E-state index is 0.653. The summed E-state index contributed by atoms with van der Waals surface area (Å²) < 4.78 is 0. The monoisotopic (exact) mass is 268 g/mol. The number of aryl methyl sites for hydroxylation is 3. The van der Waals surface area contributed by atoms with E-state index in [0.717, 1.165) is 16.5 Å². The number of hydrogen-bond donors (Lipinski definition) is 0. The lowest BCUT2D eigenvalue weighted by atomic mass is 10.1. The number of thioether (sulfide) groups is 1. The average molecular weight is 268 g/mol. The molecule has 19 heavy (non-hydrogen) atoms. The van der Waals surface area contributed by atoms with Gasteiger partial charge in [0.1, 0.15) is 11.1 Å². The predicted molar refractivity (Wildman–Crippen MR) is 79.2 cm³/mol. The molecule has 0 saturated carbocycles. The van der Waals surface area contributed by atoms with Gasteiger partial charge in [-0.25, -0.2) is 4.98 Å². The van der Waals surface area contributed by atoms with E-state index >= 15 is 0 Å². The van der Waals surface area contributed by atoms with E-state index in [4.69, 9.17) is 5.26 Å². The maximum absolute atomic E-state index is 9.09. The first-order valence-electron chi connectivity index (χ1n) is 6.16. The summed E-state index contributed by atoms with van der Waals surface area (Å²) in [5, 5.41) is 9.91. The lowest BCUT2D eigenvalue weighted by Crippen LogP contribution is -1.91. The Labute approximate surface area is 118 Å². The highest BCUT2D eigenvalue weighted by Crippen LogP contribution is 2.25. The summed E-state index contributed by atoms with van der Waals surface area (Å²) >= 11 is 1.62. The SMILES string of the molecule is Cc1cc(C)cc(CSc2nc(C)ccc2C#N)c1. The van der Waals surface area contributed by atoms with Gasteiger partial charge in [0.15, 0.2) is 0 Å². The van der Waals surface area contributed by atoms with Crippen molar-refractivity contribution in [1.82, 2.24) is 4.98 Å². The Morgan fingerprint density at radius 2 is 1.79 bits per heavy atom. The summed E-state index contributed by atoms with van der Waals surface area (Å²) in [5.41, 5.74) is 5.42. The van der Waals surface area contributed by atoms with Crippen molar-refractivity contribution in [3.63, 3.8) is 0 Å². The van der Waals surface area contributed by atoms with Crippen LogP contribution < -0.4 is 0 Å². The standard InChI is InChI=1S/C16H16N2S/c1-11-6-12(2)8-14(7-11)10-19-16-15(9-17)5-4-13(3)18-16/h4-8H,10H2,1-3H3. The minimum Gasteiger partial charge on any atom is -0.245 e. The largest absolute Gasteiger partial charge is 0.245 e. The van der Waals surface area contributed by atoms with Gasteiger partial charge in [-0.15, -0.1) is 11.8 Å². The summed E-state index contributed by atoms with van der Waals surface area (Å²) in [6, 6.07) is 12.4. The lowest BCUT2D eigenvalue weighted by Gasteiger charge is -2.06. The third-order valence-corrected chi connectivity index (χ3v) is 3.84. The summed E-state index contributed by atoms with van der Waals surface area (Å²) in [6.07, 6.45) is 0. The third kappa shape index (κ3) is 3.59. The average Bonchev–Trinajstić information content (AvgIpc) is 2.35. The fourth-order valence-corrected chi connectivity index (χ4v) is 2.98. The van der Waals surface area contributed by atoms with Gasteiger partial charge in [-0.3, -0.25) is 0 Å². The maximum Gasteiger partial charge on any atom is 0.114 e. The number of pyridine rings is 1. The molecular weight excluding hydrogens is 252 g/mol. The zero-order valence-electron chi connectivity index (χ0n) is 11.4. The number of hydrogen-bond acceptors (Lipinski definition) is 3. The lowest BCUT2D eigenvalue weighted by molar-refractivity contribution is 1.05. The normalized spacial score (nSPS) is 10.2. The van der Waals surface area contributed by atoms with E-state index in [1.165, 1.54) is 16.7 Å². The van der Waals surface area contributed by atoms with Crippen molar-refractivity contribution in [1.29, 1.82) is 5.26 Å². The number of benzene rings is 1. The van der Waals surface area contributed by atoms with Crippen molar-refractivity contribution in [2.75, 3.05) is 0 Å². The molecule has 1 heterocycles. The Morgan fingerprint density at radius 1 is 1.11 bits per heavy atom. The number of aromatic nitrogens is 1. The van der Waals surface area contributed by atoms with E-state index in [1.54, 1.807) is 11.8 Å². The van der Waals surface area contributed by atoms with Gasteiger partial charge in [0.2, 0.25) is 0 Å². The van der Waals surface area contributed by atoms with Crippen molar-refractivity contribution in [2.45, 2.75) is 31.6 Å². The fraction of sp³-hybridized carbons (Fsp3) is 0.250. The van der Waals surface area contributed by atoms with Crippen LogP contribution in [0.15, 0.2) is 35.4 Å². The molecule has 2 aromatic rings. The second-order valence-corrected chi connectivity index (χ2v) is 5.67. The molecule has 0 unspecified atom stereocenters. The topological polar surface area (TPSA) is 36.7 Å². The van der Waals surface area contributed by atoms with Crippen molar-refractivity contribution in [3.8, 4) is 6.07 Å². The molecule has 0 bridgehead atoms. The van der Waals surface area contributed by atoms with Crippen LogP contribution in [0.3, 0.4) is 0 Å². The van der Waals surface area contributed by atoms with Crippen LogP contribution in [0.25, 0.3) is 0 Å². The Kier molecular flexibility index (Phi) is 4.24. The van der Waals surface area contributed by atoms with Crippen LogP contribution >= 0.6 is 11.8 Å². The molecule has 96 valence electrons. The highest BCUT2D eigenvalue weighted by molar-refractivity contribution is 7.98. The first-order valence-corrected chi connectivity index (χ1v) is 7.15. The van der Waals surface area contributed by atoms with Gasteiger partial charge in [0.25, 0.3) is 0 Å². The molecule has 0 aliphatic rings. The Morgan fingerprint density at radius 3 is 2.42 bits per heavy atom. The van der Waals surface area contributed by atoms with Crippen LogP contribution in [0, 0.1) is 32.1 Å². The fourth-order valence-electron chi connectivity index (χ4n) is 2.03. The van der Waals surface area contributed by atoms with Crippen LogP contribution in [0.4, 0.5) is 0 Å². The molecule has 3 heteroatoms. The van der Waals surface area contributed by atoms with E-state index in [-0.39, 0.29) is 0 Å². The maximum atomic E-state index is 9.09. The van der Waals surface area contributed by atoms with Gasteiger partial charge in [-0.2, -0.15) is 5.26 Å². The van der Waals surface area contributed by atoms with E-state index in [9.17, 15) is 0 Å². The molecule has 0 fully saturated rings. The first-order chi connectivity index (χ1) is 9.08. The number of nitrogens with zero attached hydrogens (tertiary/aromatic N) is 2. The van der Waals surface area contributed by atoms with Crippen molar-refractivity contribution < 1.29 is 0 Å². The second-order valence-electron chi connectivity index (χ2n) is 4.70. The third-order valence-electron chi connectivity index (χ3n) is 2.78. The predicted octanol–water partition coefficient (Wildman–Crippen LogP) is 4.17. The number of nitriles is 1. The molecule has 0 amide bonds. The van der Waals surface area contributed by atoms with Crippen molar-refractivity contribution in [3.05, 3.63) is 58.3 Å². The van der Waals surface area contributed by atoms with Crippen LogP contribution in [-0.4, -0.2) is 4.98 Å². The van der Waals surface area contributed by atoms with E-state index in [0.29, 0.717) is 5.56 Å². The zero-order valence-corrected chi connectivity index (χ0v) is 12.2. The van der Waals surface area contributed by atoms with Gasteiger partial charge < -0.3 is 0 Å². The summed E-state index contributed by atoms with van der Waals surface area (Å²) in [6.45, 7) is 6.15. The summed E-state index contributed by atoms with van der Waals surface area (Å²) in [5.74, 6) is 0.841. The van der Waals surface area contributed by atoms with Crippen LogP contribution in [0.5, 0.6) is 0 Å². The molecular formula is C16H16N2S. The van der Waals surface area contributed by atoms with Crippen molar-refractivity contribution in [2.24, 2.45) is 0 Å². The van der Waals surface area contributed by atoms with E-state index in [1.807, 2.05) is 19.1 Å². The van der Waals surface area contributed by atoms with Gasteiger partial charge in [0.05, 0.1) is 5.56 Å². The molecule has 2 nitrogen and oxygen atoms in total. The second kappa shape index (κ2) is 5.90. The number of rotatable bonds is 3. The highest BCUT2D eigenvalue weighted by Gasteiger charge is 2.06. The molecule has 2 rings (SSSR count). The molecule has 0 spiro atoms. The van der Waals surface area contributed by atoms with Crippen molar-refractivity contribution >= 4 is 11.8 Å². The highest BCUT2D eigenvalue weighted by atomic mass is 32.2. The molecule has 0 radical (unpaired) electrons. The van der Waals surface area contributed by atoms with Crippen LogP contribution in [0.2, 0.25) is 0 Å². The van der Waals surface area contributed by atoms with Crippen LogP contribution in [-0.2, 0) is 5.75 Å². The smallest absolute Gasteiger partial charge is 0.114 e. The van der Waals surface area contributed by atoms with Gasteiger partial charge in [0, 0.05) is 11.4 Å². The Hall–Kier alpha value is -1.79. The van der Waals surface area contributed by atoms with E-state index in [2.05, 4.69) is 43.1 Å². The summed E-state index contributed by atoms with van der Waals surface area (Å²) in [7, 11) is 0.